The van der Waals surface area contributed by atoms with Crippen molar-refractivity contribution in [3.05, 3.63) is 0 Å². The van der Waals surface area contributed by atoms with Crippen molar-refractivity contribution >= 4 is 11.9 Å². The summed E-state index contributed by atoms with van der Waals surface area (Å²) in [4.78, 5) is 23.0. The second kappa shape index (κ2) is 15.8. The highest BCUT2D eigenvalue weighted by atomic mass is 16.5. The largest absolute Gasteiger partial charge is 0.466 e. The van der Waals surface area contributed by atoms with E-state index in [0.717, 1.165) is 19.3 Å². The van der Waals surface area contributed by atoms with Crippen LogP contribution in [0.1, 0.15) is 91.4 Å². The molecule has 0 aromatic rings. The predicted octanol–water partition coefficient (Wildman–Crippen LogP) is 5.04. The van der Waals surface area contributed by atoms with E-state index in [4.69, 9.17) is 9.47 Å². The first-order valence-electron chi connectivity index (χ1n) is 9.41. The fourth-order valence-electron chi connectivity index (χ4n) is 2.12. The standard InChI is InChI=1S/C19H36O4/c1-4-6-7-8-9-10-11-15-22-18(20)13-12-14-19(21)23-16-17(3)5-2/h17H,4-16H2,1-3H3. The van der Waals surface area contributed by atoms with Crippen molar-refractivity contribution in [2.75, 3.05) is 13.2 Å². The smallest absolute Gasteiger partial charge is 0.305 e. The Morgan fingerprint density at radius 1 is 0.783 bits per heavy atom. The van der Waals surface area contributed by atoms with Crippen LogP contribution in [0.2, 0.25) is 0 Å². The van der Waals surface area contributed by atoms with Gasteiger partial charge in [-0.05, 0) is 18.8 Å². The fraction of sp³-hybridized carbons (Fsp3) is 0.895. The quantitative estimate of drug-likeness (QED) is 0.312. The van der Waals surface area contributed by atoms with E-state index in [-0.39, 0.29) is 11.9 Å². The first kappa shape index (κ1) is 21.9. The molecule has 0 aliphatic carbocycles. The topological polar surface area (TPSA) is 52.6 Å². The lowest BCUT2D eigenvalue weighted by Crippen LogP contribution is -2.12. The van der Waals surface area contributed by atoms with Crippen molar-refractivity contribution < 1.29 is 19.1 Å². The minimum atomic E-state index is -0.217. The van der Waals surface area contributed by atoms with Gasteiger partial charge in [0.2, 0.25) is 0 Å². The molecule has 136 valence electrons. The third-order valence-corrected chi connectivity index (χ3v) is 4.00. The summed E-state index contributed by atoms with van der Waals surface area (Å²) in [5.74, 6) is -0.0261. The van der Waals surface area contributed by atoms with Crippen molar-refractivity contribution in [1.82, 2.24) is 0 Å². The second-order valence-electron chi connectivity index (χ2n) is 6.39. The highest BCUT2D eigenvalue weighted by molar-refractivity contribution is 5.72. The van der Waals surface area contributed by atoms with Crippen LogP contribution in [0.4, 0.5) is 0 Å². The van der Waals surface area contributed by atoms with Crippen LogP contribution < -0.4 is 0 Å². The van der Waals surface area contributed by atoms with Gasteiger partial charge in [0, 0.05) is 12.8 Å². The van der Waals surface area contributed by atoms with Crippen molar-refractivity contribution in [1.29, 1.82) is 0 Å². The van der Waals surface area contributed by atoms with Crippen LogP contribution in [0, 0.1) is 5.92 Å². The van der Waals surface area contributed by atoms with Gasteiger partial charge in [0.25, 0.3) is 0 Å². The summed E-state index contributed by atoms with van der Waals surface area (Å²) in [5.41, 5.74) is 0. The van der Waals surface area contributed by atoms with E-state index in [1.54, 1.807) is 0 Å². The molecular formula is C19H36O4. The minimum absolute atomic E-state index is 0.203. The molecule has 0 bridgehead atoms. The first-order chi connectivity index (χ1) is 11.1. The van der Waals surface area contributed by atoms with Gasteiger partial charge in [0.05, 0.1) is 13.2 Å². The van der Waals surface area contributed by atoms with Gasteiger partial charge in [0.1, 0.15) is 0 Å². The van der Waals surface area contributed by atoms with E-state index in [2.05, 4.69) is 20.8 Å². The van der Waals surface area contributed by atoms with E-state index < -0.39 is 0 Å². The van der Waals surface area contributed by atoms with Gasteiger partial charge in [-0.2, -0.15) is 0 Å². The van der Waals surface area contributed by atoms with Crippen LogP contribution >= 0.6 is 0 Å². The maximum Gasteiger partial charge on any atom is 0.305 e. The van der Waals surface area contributed by atoms with Gasteiger partial charge in [-0.15, -0.1) is 0 Å². The van der Waals surface area contributed by atoms with Crippen molar-refractivity contribution in [3.8, 4) is 0 Å². The molecular weight excluding hydrogens is 292 g/mol. The number of carbonyl (C=O) groups is 2. The molecule has 0 aliphatic rings. The lowest BCUT2D eigenvalue weighted by atomic mass is 10.1. The summed E-state index contributed by atoms with van der Waals surface area (Å²) in [7, 11) is 0. The zero-order chi connectivity index (χ0) is 17.3. The average Bonchev–Trinajstić information content (AvgIpc) is 2.55. The Balaban J connectivity index is 3.38. The Hall–Kier alpha value is -1.06. The number of unbranched alkanes of at least 4 members (excludes halogenated alkanes) is 6. The van der Waals surface area contributed by atoms with E-state index in [1.807, 2.05) is 0 Å². The summed E-state index contributed by atoms with van der Waals surface area (Å²) >= 11 is 0. The maximum absolute atomic E-state index is 11.5. The third kappa shape index (κ3) is 15.6. The molecule has 0 saturated heterocycles. The summed E-state index contributed by atoms with van der Waals surface area (Å²) in [6.45, 7) is 7.31. The molecule has 0 aliphatic heterocycles. The molecule has 0 rings (SSSR count). The first-order valence-corrected chi connectivity index (χ1v) is 9.41. The Kier molecular flexibility index (Phi) is 15.1. The number of rotatable bonds is 15. The number of carbonyl (C=O) groups excluding carboxylic acids is 2. The zero-order valence-electron chi connectivity index (χ0n) is 15.4. The molecule has 1 atom stereocenters. The van der Waals surface area contributed by atoms with Gasteiger partial charge in [-0.1, -0.05) is 65.7 Å². The van der Waals surface area contributed by atoms with E-state index >= 15 is 0 Å². The summed E-state index contributed by atoms with van der Waals surface area (Å²) < 4.78 is 10.3. The van der Waals surface area contributed by atoms with Crippen LogP contribution in [0.5, 0.6) is 0 Å². The van der Waals surface area contributed by atoms with E-state index in [1.165, 1.54) is 32.1 Å². The summed E-state index contributed by atoms with van der Waals surface area (Å²) in [5, 5.41) is 0. The minimum Gasteiger partial charge on any atom is -0.466 e. The number of hydrogen-bond donors (Lipinski definition) is 0. The highest BCUT2D eigenvalue weighted by Gasteiger charge is 2.08. The number of hydrogen-bond acceptors (Lipinski definition) is 4. The average molecular weight is 328 g/mol. The maximum atomic E-state index is 11.5. The molecule has 1 unspecified atom stereocenters. The second-order valence-corrected chi connectivity index (χ2v) is 6.39. The van der Waals surface area contributed by atoms with E-state index in [9.17, 15) is 9.59 Å². The van der Waals surface area contributed by atoms with Gasteiger partial charge in [-0.25, -0.2) is 0 Å². The molecule has 4 heteroatoms. The van der Waals surface area contributed by atoms with Crippen molar-refractivity contribution in [3.63, 3.8) is 0 Å². The molecule has 0 aromatic heterocycles. The van der Waals surface area contributed by atoms with Crippen LogP contribution in [0.15, 0.2) is 0 Å². The van der Waals surface area contributed by atoms with Crippen molar-refractivity contribution in [2.24, 2.45) is 5.92 Å². The van der Waals surface area contributed by atoms with Crippen molar-refractivity contribution in [2.45, 2.75) is 91.4 Å². The normalized spacial score (nSPS) is 12.0. The molecule has 0 heterocycles. The van der Waals surface area contributed by atoms with Crippen LogP contribution in [0.25, 0.3) is 0 Å². The Morgan fingerprint density at radius 3 is 1.96 bits per heavy atom. The molecule has 0 N–H and O–H groups in total. The van der Waals surface area contributed by atoms with Gasteiger partial charge in [0.15, 0.2) is 0 Å². The van der Waals surface area contributed by atoms with Gasteiger partial charge in [-0.3, -0.25) is 9.59 Å². The molecule has 0 saturated carbocycles. The summed E-state index contributed by atoms with van der Waals surface area (Å²) in [6.07, 6.45) is 10.6. The highest BCUT2D eigenvalue weighted by Crippen LogP contribution is 2.08. The number of ether oxygens (including phenoxy) is 2. The van der Waals surface area contributed by atoms with Crippen LogP contribution in [0.3, 0.4) is 0 Å². The monoisotopic (exact) mass is 328 g/mol. The van der Waals surface area contributed by atoms with E-state index in [0.29, 0.717) is 38.4 Å². The lowest BCUT2D eigenvalue weighted by molar-refractivity contribution is -0.146. The Morgan fingerprint density at radius 2 is 1.35 bits per heavy atom. The number of esters is 2. The molecule has 0 radical (unpaired) electrons. The molecule has 0 fully saturated rings. The molecule has 4 nitrogen and oxygen atoms in total. The fourth-order valence-corrected chi connectivity index (χ4v) is 2.12. The van der Waals surface area contributed by atoms with Gasteiger partial charge >= 0.3 is 11.9 Å². The predicted molar refractivity (Wildman–Crippen MR) is 93.2 cm³/mol. The lowest BCUT2D eigenvalue weighted by Gasteiger charge is -2.09. The molecule has 0 amide bonds. The summed E-state index contributed by atoms with van der Waals surface area (Å²) in [6, 6.07) is 0. The third-order valence-electron chi connectivity index (χ3n) is 4.00. The van der Waals surface area contributed by atoms with Crippen LogP contribution in [-0.4, -0.2) is 25.2 Å². The zero-order valence-corrected chi connectivity index (χ0v) is 15.4. The SMILES string of the molecule is CCCCCCCCCOC(=O)CCCC(=O)OCC(C)CC. The Bertz CT molecular complexity index is 302. The Labute approximate surface area is 142 Å². The van der Waals surface area contributed by atoms with Crippen LogP contribution in [-0.2, 0) is 19.1 Å². The molecule has 0 aromatic carbocycles. The molecule has 23 heavy (non-hydrogen) atoms. The molecule has 0 spiro atoms. The van der Waals surface area contributed by atoms with Gasteiger partial charge < -0.3 is 9.47 Å².